The van der Waals surface area contributed by atoms with Crippen LogP contribution in [0.15, 0.2) is 87.7 Å². The number of para-hydroxylation sites is 1. The summed E-state index contributed by atoms with van der Waals surface area (Å²) >= 11 is 6.19. The molecule has 0 aliphatic carbocycles. The monoisotopic (exact) mass is 368 g/mol. The van der Waals surface area contributed by atoms with E-state index in [9.17, 15) is 0 Å². The van der Waals surface area contributed by atoms with Crippen LogP contribution in [0.2, 0.25) is 5.02 Å². The normalized spacial score (nSPS) is 11.9. The average molecular weight is 369 g/mol. The topological polar surface area (TPSA) is 26.3 Å². The van der Waals surface area contributed by atoms with Crippen molar-refractivity contribution < 1.29 is 8.83 Å². The third kappa shape index (κ3) is 2.20. The molecule has 0 unspecified atom stereocenters. The summed E-state index contributed by atoms with van der Waals surface area (Å²) in [4.78, 5) is 0. The van der Waals surface area contributed by atoms with Crippen molar-refractivity contribution >= 4 is 55.5 Å². The van der Waals surface area contributed by atoms with Gasteiger partial charge in [0.1, 0.15) is 22.3 Å². The van der Waals surface area contributed by atoms with Crippen LogP contribution in [0.1, 0.15) is 0 Å². The summed E-state index contributed by atoms with van der Waals surface area (Å²) in [5, 5.41) is 5.08. The minimum absolute atomic E-state index is 0.710. The van der Waals surface area contributed by atoms with Gasteiger partial charge in [-0.25, -0.2) is 0 Å². The van der Waals surface area contributed by atoms with Gasteiger partial charge in [0.05, 0.1) is 0 Å². The molecule has 2 aromatic heterocycles. The first-order valence-electron chi connectivity index (χ1n) is 8.80. The lowest BCUT2D eigenvalue weighted by molar-refractivity contribution is 0.668. The highest BCUT2D eigenvalue weighted by molar-refractivity contribution is 6.31. The van der Waals surface area contributed by atoms with E-state index in [4.69, 9.17) is 20.4 Å². The van der Waals surface area contributed by atoms with Gasteiger partial charge in [0, 0.05) is 26.6 Å². The number of rotatable bonds is 1. The van der Waals surface area contributed by atoms with Crippen molar-refractivity contribution in [1.29, 1.82) is 0 Å². The van der Waals surface area contributed by atoms with Gasteiger partial charge in [-0.05, 0) is 59.7 Å². The third-order valence-electron chi connectivity index (χ3n) is 5.14. The van der Waals surface area contributed by atoms with Crippen molar-refractivity contribution in [3.63, 3.8) is 0 Å². The average Bonchev–Trinajstić information content (AvgIpc) is 3.25. The molecule has 3 heteroatoms. The van der Waals surface area contributed by atoms with Gasteiger partial charge < -0.3 is 8.83 Å². The molecule has 0 aliphatic rings. The fourth-order valence-corrected chi connectivity index (χ4v) is 4.01. The standard InChI is InChI=1S/C24H13ClO2/c25-16-7-10-24-20(13-16)19-12-15(6-9-23(19)27-24)14-5-8-22-18(11-14)17-3-1-2-4-21(17)26-22/h1-13H. The van der Waals surface area contributed by atoms with Crippen LogP contribution in [0.25, 0.3) is 55.0 Å². The highest BCUT2D eigenvalue weighted by Crippen LogP contribution is 2.36. The van der Waals surface area contributed by atoms with E-state index in [2.05, 4.69) is 30.3 Å². The fourth-order valence-electron chi connectivity index (χ4n) is 3.83. The Morgan fingerprint density at radius 3 is 1.70 bits per heavy atom. The lowest BCUT2D eigenvalue weighted by Crippen LogP contribution is -1.78. The van der Waals surface area contributed by atoms with Crippen molar-refractivity contribution in [3.05, 3.63) is 83.9 Å². The Morgan fingerprint density at radius 2 is 1.00 bits per heavy atom. The molecule has 6 rings (SSSR count). The zero-order valence-electron chi connectivity index (χ0n) is 14.2. The van der Waals surface area contributed by atoms with Crippen molar-refractivity contribution in [2.45, 2.75) is 0 Å². The first-order valence-corrected chi connectivity index (χ1v) is 9.17. The van der Waals surface area contributed by atoms with E-state index in [0.29, 0.717) is 5.02 Å². The summed E-state index contributed by atoms with van der Waals surface area (Å²) in [6.45, 7) is 0. The Morgan fingerprint density at radius 1 is 0.481 bits per heavy atom. The van der Waals surface area contributed by atoms with Crippen LogP contribution < -0.4 is 0 Å². The summed E-state index contributed by atoms with van der Waals surface area (Å²) in [5.74, 6) is 0. The van der Waals surface area contributed by atoms with E-state index in [1.165, 1.54) is 0 Å². The molecule has 2 heterocycles. The van der Waals surface area contributed by atoms with Crippen LogP contribution in [0.3, 0.4) is 0 Å². The summed E-state index contributed by atoms with van der Waals surface area (Å²) in [5.41, 5.74) is 5.82. The molecule has 0 fully saturated rings. The highest BCUT2D eigenvalue weighted by atomic mass is 35.5. The molecule has 0 N–H and O–H groups in total. The summed E-state index contributed by atoms with van der Waals surface area (Å²) < 4.78 is 11.9. The zero-order valence-corrected chi connectivity index (χ0v) is 15.0. The molecule has 0 bridgehead atoms. The summed E-state index contributed by atoms with van der Waals surface area (Å²) in [6, 6.07) is 26.5. The summed E-state index contributed by atoms with van der Waals surface area (Å²) in [6.07, 6.45) is 0. The SMILES string of the molecule is Clc1ccc2oc3ccc(-c4ccc5oc6ccccc6c5c4)cc3c2c1. The molecule has 0 amide bonds. The smallest absolute Gasteiger partial charge is 0.135 e. The predicted octanol–water partition coefficient (Wildman–Crippen LogP) is 7.81. The van der Waals surface area contributed by atoms with E-state index < -0.39 is 0 Å². The number of hydrogen-bond acceptors (Lipinski definition) is 2. The van der Waals surface area contributed by atoms with E-state index in [1.54, 1.807) is 0 Å². The molecule has 0 saturated carbocycles. The van der Waals surface area contributed by atoms with E-state index in [1.807, 2.05) is 48.5 Å². The van der Waals surface area contributed by atoms with Crippen molar-refractivity contribution in [2.75, 3.05) is 0 Å². The lowest BCUT2D eigenvalue weighted by atomic mass is 10.0. The van der Waals surface area contributed by atoms with Crippen LogP contribution in [-0.4, -0.2) is 0 Å². The largest absolute Gasteiger partial charge is 0.456 e. The second-order valence-corrected chi connectivity index (χ2v) is 7.20. The number of benzene rings is 4. The van der Waals surface area contributed by atoms with Gasteiger partial charge >= 0.3 is 0 Å². The van der Waals surface area contributed by atoms with Gasteiger partial charge in [0.15, 0.2) is 0 Å². The van der Waals surface area contributed by atoms with Gasteiger partial charge in [-0.2, -0.15) is 0 Å². The van der Waals surface area contributed by atoms with Crippen LogP contribution in [0.5, 0.6) is 0 Å². The minimum Gasteiger partial charge on any atom is -0.456 e. The lowest BCUT2D eigenvalue weighted by Gasteiger charge is -2.02. The maximum Gasteiger partial charge on any atom is 0.135 e. The molecule has 0 aliphatic heterocycles. The quantitative estimate of drug-likeness (QED) is 0.296. The van der Waals surface area contributed by atoms with Crippen LogP contribution >= 0.6 is 11.6 Å². The van der Waals surface area contributed by atoms with Gasteiger partial charge in [0.25, 0.3) is 0 Å². The van der Waals surface area contributed by atoms with Gasteiger partial charge in [0.2, 0.25) is 0 Å². The van der Waals surface area contributed by atoms with Crippen LogP contribution in [0.4, 0.5) is 0 Å². The molecule has 128 valence electrons. The maximum absolute atomic E-state index is 6.19. The van der Waals surface area contributed by atoms with Crippen LogP contribution in [-0.2, 0) is 0 Å². The van der Waals surface area contributed by atoms with Gasteiger partial charge in [-0.1, -0.05) is 41.9 Å². The van der Waals surface area contributed by atoms with Gasteiger partial charge in [-0.3, -0.25) is 0 Å². The second-order valence-electron chi connectivity index (χ2n) is 6.76. The molecular formula is C24H13ClO2. The number of halogens is 1. The Balaban J connectivity index is 1.61. The Labute approximate surface area is 159 Å². The number of fused-ring (bicyclic) bond motifs is 6. The molecule has 0 saturated heterocycles. The van der Waals surface area contributed by atoms with Crippen LogP contribution in [0, 0.1) is 0 Å². The first-order chi connectivity index (χ1) is 13.3. The fraction of sp³-hybridized carbons (Fsp3) is 0. The van der Waals surface area contributed by atoms with Crippen molar-refractivity contribution in [3.8, 4) is 11.1 Å². The molecule has 0 spiro atoms. The molecule has 2 nitrogen and oxygen atoms in total. The third-order valence-corrected chi connectivity index (χ3v) is 5.38. The highest BCUT2D eigenvalue weighted by Gasteiger charge is 2.11. The maximum atomic E-state index is 6.19. The second kappa shape index (κ2) is 5.38. The molecule has 4 aromatic carbocycles. The Bertz CT molecular complexity index is 1490. The predicted molar refractivity (Wildman–Crippen MR) is 111 cm³/mol. The molecule has 0 radical (unpaired) electrons. The molecule has 0 atom stereocenters. The van der Waals surface area contributed by atoms with E-state index >= 15 is 0 Å². The van der Waals surface area contributed by atoms with Gasteiger partial charge in [-0.15, -0.1) is 0 Å². The minimum atomic E-state index is 0.710. The number of furan rings is 2. The Hall–Kier alpha value is -3.23. The van der Waals surface area contributed by atoms with Crippen molar-refractivity contribution in [1.82, 2.24) is 0 Å². The molecule has 27 heavy (non-hydrogen) atoms. The zero-order chi connectivity index (χ0) is 18.0. The van der Waals surface area contributed by atoms with E-state index in [0.717, 1.165) is 55.0 Å². The number of hydrogen-bond donors (Lipinski definition) is 0. The molecule has 6 aromatic rings. The van der Waals surface area contributed by atoms with E-state index in [-0.39, 0.29) is 0 Å². The Kier molecular flexibility index (Phi) is 2.97. The first kappa shape index (κ1) is 14.9. The summed E-state index contributed by atoms with van der Waals surface area (Å²) in [7, 11) is 0. The molecular weight excluding hydrogens is 356 g/mol. The van der Waals surface area contributed by atoms with Crippen molar-refractivity contribution in [2.24, 2.45) is 0 Å².